The van der Waals surface area contributed by atoms with Crippen LogP contribution in [-0.4, -0.2) is 41.9 Å². The molecule has 0 bridgehead atoms. The first-order valence-electron chi connectivity index (χ1n) is 9.61. The first kappa shape index (κ1) is 17.0. The van der Waals surface area contributed by atoms with Crippen molar-refractivity contribution in [1.29, 1.82) is 0 Å². The smallest absolute Gasteiger partial charge is 0.254 e. The van der Waals surface area contributed by atoms with Crippen LogP contribution in [0.1, 0.15) is 47.3 Å². The third-order valence-corrected chi connectivity index (χ3v) is 5.68. The maximum absolute atomic E-state index is 12.6. The fourth-order valence-corrected chi connectivity index (χ4v) is 4.14. The molecule has 1 unspecified atom stereocenters. The molecule has 134 valence electrons. The zero-order valence-corrected chi connectivity index (χ0v) is 15.4. The van der Waals surface area contributed by atoms with Crippen molar-refractivity contribution in [3.05, 3.63) is 77.4 Å². The van der Waals surface area contributed by atoms with Gasteiger partial charge in [-0.3, -0.25) is 9.69 Å². The summed E-state index contributed by atoms with van der Waals surface area (Å²) in [5.74, 6) is 0.193. The van der Waals surface area contributed by atoms with E-state index in [9.17, 15) is 4.79 Å². The first-order valence-corrected chi connectivity index (χ1v) is 9.61. The SMILES string of the molecule is CC1c2ccccc2C(=O)N1CCCN1CC=C(c2ccccc2)CC1. The van der Waals surface area contributed by atoms with Crippen LogP contribution >= 0.6 is 0 Å². The van der Waals surface area contributed by atoms with Gasteiger partial charge in [0.05, 0.1) is 6.04 Å². The van der Waals surface area contributed by atoms with Crippen molar-refractivity contribution in [2.75, 3.05) is 26.2 Å². The van der Waals surface area contributed by atoms with Gasteiger partial charge in [-0.25, -0.2) is 0 Å². The second-order valence-electron chi connectivity index (χ2n) is 7.26. The zero-order valence-electron chi connectivity index (χ0n) is 15.4. The Kier molecular flexibility index (Phi) is 4.89. The van der Waals surface area contributed by atoms with Gasteiger partial charge in [0.25, 0.3) is 5.91 Å². The van der Waals surface area contributed by atoms with Crippen molar-refractivity contribution >= 4 is 11.5 Å². The van der Waals surface area contributed by atoms with Crippen LogP contribution in [0.15, 0.2) is 60.7 Å². The van der Waals surface area contributed by atoms with Gasteiger partial charge in [0.15, 0.2) is 0 Å². The van der Waals surface area contributed by atoms with Gasteiger partial charge in [0.2, 0.25) is 0 Å². The quantitative estimate of drug-likeness (QED) is 0.802. The standard InChI is InChI=1S/C23H26N2O/c1-18-21-10-5-6-11-22(21)23(26)25(18)15-7-14-24-16-12-20(13-17-24)19-8-3-2-4-9-19/h2-6,8-12,18H,7,13-17H2,1H3. The molecular formula is C23H26N2O. The molecule has 2 heterocycles. The molecule has 1 amide bonds. The number of fused-ring (bicyclic) bond motifs is 1. The summed E-state index contributed by atoms with van der Waals surface area (Å²) >= 11 is 0. The third-order valence-electron chi connectivity index (χ3n) is 5.68. The van der Waals surface area contributed by atoms with Crippen LogP contribution in [0.5, 0.6) is 0 Å². The van der Waals surface area contributed by atoms with Crippen molar-refractivity contribution in [1.82, 2.24) is 9.80 Å². The highest BCUT2D eigenvalue weighted by atomic mass is 16.2. The number of hydrogen-bond acceptors (Lipinski definition) is 2. The Labute approximate surface area is 155 Å². The molecule has 0 N–H and O–H groups in total. The number of rotatable bonds is 5. The topological polar surface area (TPSA) is 23.6 Å². The summed E-state index contributed by atoms with van der Waals surface area (Å²) < 4.78 is 0. The molecule has 4 rings (SSSR count). The highest BCUT2D eigenvalue weighted by Crippen LogP contribution is 2.32. The molecule has 0 saturated heterocycles. The van der Waals surface area contributed by atoms with Crippen molar-refractivity contribution in [3.8, 4) is 0 Å². The summed E-state index contributed by atoms with van der Waals surface area (Å²) in [6.45, 7) is 6.13. The molecule has 26 heavy (non-hydrogen) atoms. The highest BCUT2D eigenvalue weighted by molar-refractivity contribution is 5.99. The maximum Gasteiger partial charge on any atom is 0.254 e. The molecule has 0 aromatic heterocycles. The molecule has 2 aromatic carbocycles. The number of amides is 1. The Morgan fingerprint density at radius 3 is 2.50 bits per heavy atom. The van der Waals surface area contributed by atoms with E-state index >= 15 is 0 Å². The lowest BCUT2D eigenvalue weighted by Crippen LogP contribution is -2.33. The summed E-state index contributed by atoms with van der Waals surface area (Å²) in [6.07, 6.45) is 4.49. The van der Waals surface area contributed by atoms with E-state index in [2.05, 4.69) is 54.3 Å². The highest BCUT2D eigenvalue weighted by Gasteiger charge is 2.32. The molecule has 3 heteroatoms. The minimum Gasteiger partial charge on any atom is -0.332 e. The molecule has 0 aliphatic carbocycles. The lowest BCUT2D eigenvalue weighted by atomic mass is 9.99. The summed E-state index contributed by atoms with van der Waals surface area (Å²) in [6, 6.07) is 18.9. The lowest BCUT2D eigenvalue weighted by molar-refractivity contribution is 0.0729. The molecule has 0 saturated carbocycles. The molecule has 1 atom stereocenters. The van der Waals surface area contributed by atoms with Gasteiger partial charge in [0.1, 0.15) is 0 Å². The van der Waals surface area contributed by atoms with Gasteiger partial charge in [-0.15, -0.1) is 0 Å². The molecule has 3 nitrogen and oxygen atoms in total. The number of carbonyl (C=O) groups excluding carboxylic acids is 1. The van der Waals surface area contributed by atoms with Gasteiger partial charge in [-0.05, 0) is 42.5 Å². The average molecular weight is 346 g/mol. The Morgan fingerprint density at radius 1 is 1.00 bits per heavy atom. The van der Waals surface area contributed by atoms with Crippen molar-refractivity contribution in [2.24, 2.45) is 0 Å². The Bertz CT molecular complexity index is 812. The van der Waals surface area contributed by atoms with E-state index in [0.717, 1.165) is 44.6 Å². The zero-order chi connectivity index (χ0) is 17.9. The first-order chi connectivity index (χ1) is 12.7. The van der Waals surface area contributed by atoms with Crippen LogP contribution in [-0.2, 0) is 0 Å². The summed E-state index contributed by atoms with van der Waals surface area (Å²) in [4.78, 5) is 17.1. The van der Waals surface area contributed by atoms with Crippen molar-refractivity contribution in [2.45, 2.75) is 25.8 Å². The average Bonchev–Trinajstić information content (AvgIpc) is 2.94. The summed E-state index contributed by atoms with van der Waals surface area (Å²) in [5, 5.41) is 0. The fourth-order valence-electron chi connectivity index (χ4n) is 4.14. The van der Waals surface area contributed by atoms with E-state index < -0.39 is 0 Å². The van der Waals surface area contributed by atoms with Gasteiger partial charge in [0, 0.05) is 31.7 Å². The normalized spacial score (nSPS) is 20.2. The largest absolute Gasteiger partial charge is 0.332 e. The monoisotopic (exact) mass is 346 g/mol. The van der Waals surface area contributed by atoms with Crippen LogP contribution in [0.2, 0.25) is 0 Å². The minimum absolute atomic E-state index is 0.193. The van der Waals surface area contributed by atoms with Crippen molar-refractivity contribution < 1.29 is 4.79 Å². The number of hydrogen-bond donors (Lipinski definition) is 0. The third kappa shape index (κ3) is 3.32. The van der Waals surface area contributed by atoms with E-state index in [4.69, 9.17) is 0 Å². The van der Waals surface area contributed by atoms with E-state index in [1.807, 2.05) is 23.1 Å². The molecule has 0 fully saturated rings. The summed E-state index contributed by atoms with van der Waals surface area (Å²) in [5.41, 5.74) is 4.86. The molecule has 2 aliphatic heterocycles. The van der Waals surface area contributed by atoms with Crippen LogP contribution < -0.4 is 0 Å². The number of carbonyl (C=O) groups is 1. The molecule has 2 aromatic rings. The van der Waals surface area contributed by atoms with E-state index in [1.54, 1.807) is 0 Å². The molecule has 2 aliphatic rings. The Balaban J connectivity index is 1.29. The van der Waals surface area contributed by atoms with Crippen LogP contribution in [0.4, 0.5) is 0 Å². The molecule has 0 radical (unpaired) electrons. The van der Waals surface area contributed by atoms with Gasteiger partial charge < -0.3 is 4.90 Å². The minimum atomic E-state index is 0.193. The van der Waals surface area contributed by atoms with Crippen LogP contribution in [0, 0.1) is 0 Å². The summed E-state index contributed by atoms with van der Waals surface area (Å²) in [7, 11) is 0. The van der Waals surface area contributed by atoms with Gasteiger partial charge in [-0.2, -0.15) is 0 Å². The van der Waals surface area contributed by atoms with Crippen LogP contribution in [0.25, 0.3) is 5.57 Å². The van der Waals surface area contributed by atoms with E-state index in [-0.39, 0.29) is 11.9 Å². The van der Waals surface area contributed by atoms with Crippen molar-refractivity contribution in [3.63, 3.8) is 0 Å². The Hall–Kier alpha value is -2.39. The van der Waals surface area contributed by atoms with E-state index in [0.29, 0.717) is 0 Å². The van der Waals surface area contributed by atoms with Crippen LogP contribution in [0.3, 0.4) is 0 Å². The molecule has 0 spiro atoms. The predicted octanol–water partition coefficient (Wildman–Crippen LogP) is 4.38. The lowest BCUT2D eigenvalue weighted by Gasteiger charge is -2.28. The van der Waals surface area contributed by atoms with E-state index in [1.165, 1.54) is 16.7 Å². The predicted molar refractivity (Wildman–Crippen MR) is 106 cm³/mol. The maximum atomic E-state index is 12.6. The number of nitrogens with zero attached hydrogens (tertiary/aromatic N) is 2. The van der Waals surface area contributed by atoms with Gasteiger partial charge >= 0.3 is 0 Å². The second kappa shape index (κ2) is 7.46. The van der Waals surface area contributed by atoms with Gasteiger partial charge in [-0.1, -0.05) is 54.6 Å². The fraction of sp³-hybridized carbons (Fsp3) is 0.348. The molecular weight excluding hydrogens is 320 g/mol. The second-order valence-corrected chi connectivity index (χ2v) is 7.26. The number of benzene rings is 2. The Morgan fingerprint density at radius 2 is 1.77 bits per heavy atom.